The average molecular weight is 271 g/mol. The average Bonchev–Trinajstić information content (AvgIpc) is 2.47. The Morgan fingerprint density at radius 3 is 1.90 bits per heavy atom. The van der Waals surface area contributed by atoms with Crippen LogP contribution in [0.25, 0.3) is 0 Å². The molecule has 3 N–H and O–H groups in total. The number of benzene rings is 2. The van der Waals surface area contributed by atoms with E-state index in [0.717, 1.165) is 0 Å². The fourth-order valence-corrected chi connectivity index (χ4v) is 1.98. The van der Waals surface area contributed by atoms with Crippen molar-refractivity contribution < 1.29 is 15.0 Å². The quantitative estimate of drug-likeness (QED) is 0.799. The predicted octanol–water partition coefficient (Wildman–Crippen LogP) is 2.41. The van der Waals surface area contributed by atoms with Crippen LogP contribution in [0.4, 0.5) is 5.69 Å². The van der Waals surface area contributed by atoms with Crippen LogP contribution in [0.15, 0.2) is 54.6 Å². The lowest BCUT2D eigenvalue weighted by Crippen LogP contribution is -2.11. The minimum absolute atomic E-state index is 0.150. The van der Waals surface area contributed by atoms with E-state index in [1.807, 2.05) is 18.2 Å². The van der Waals surface area contributed by atoms with Crippen molar-refractivity contribution in [2.75, 3.05) is 5.32 Å². The number of aliphatic hydroxyl groups excluding tert-OH is 2. The topological polar surface area (TPSA) is 69.6 Å². The highest BCUT2D eigenvalue weighted by Gasteiger charge is 2.19. The Kier molecular flexibility index (Phi) is 4.50. The Morgan fingerprint density at radius 2 is 1.40 bits per heavy atom. The van der Waals surface area contributed by atoms with Gasteiger partial charge < -0.3 is 15.5 Å². The number of carbonyl (C=O) groups excluding carboxylic acids is 1. The molecule has 0 bridgehead atoms. The van der Waals surface area contributed by atoms with E-state index in [0.29, 0.717) is 16.8 Å². The maximum atomic E-state index is 10.9. The summed E-state index contributed by atoms with van der Waals surface area (Å²) in [5.41, 5.74) is 1.91. The first-order chi connectivity index (χ1) is 9.58. The lowest BCUT2D eigenvalue weighted by Gasteiger charge is -2.18. The van der Waals surface area contributed by atoms with Gasteiger partial charge in [-0.25, -0.2) is 0 Å². The summed E-state index contributed by atoms with van der Waals surface area (Å²) in [7, 11) is 0. The molecule has 1 amide bonds. The molecule has 0 unspecified atom stereocenters. The highest BCUT2D eigenvalue weighted by atomic mass is 16.3. The summed E-state index contributed by atoms with van der Waals surface area (Å²) < 4.78 is 0. The van der Waals surface area contributed by atoms with Gasteiger partial charge in [0.05, 0.1) is 0 Å². The van der Waals surface area contributed by atoms with Gasteiger partial charge in [0.2, 0.25) is 5.91 Å². The van der Waals surface area contributed by atoms with E-state index < -0.39 is 12.2 Å². The molecular weight excluding hydrogens is 254 g/mol. The lowest BCUT2D eigenvalue weighted by atomic mass is 9.98. The lowest BCUT2D eigenvalue weighted by molar-refractivity contribution is -0.114. The third-order valence-corrected chi connectivity index (χ3v) is 3.01. The minimum atomic E-state index is -1.01. The van der Waals surface area contributed by atoms with Crippen LogP contribution in [0, 0.1) is 0 Å². The predicted molar refractivity (Wildman–Crippen MR) is 77.1 cm³/mol. The Labute approximate surface area is 117 Å². The summed E-state index contributed by atoms with van der Waals surface area (Å²) in [4.78, 5) is 10.9. The Balaban J connectivity index is 2.13. The van der Waals surface area contributed by atoms with Crippen molar-refractivity contribution in [3.8, 4) is 0 Å². The minimum Gasteiger partial charge on any atom is -0.385 e. The molecule has 104 valence electrons. The van der Waals surface area contributed by atoms with Gasteiger partial charge in [0.1, 0.15) is 12.2 Å². The van der Waals surface area contributed by atoms with Gasteiger partial charge in [0.25, 0.3) is 0 Å². The molecule has 0 spiro atoms. The molecule has 0 aromatic heterocycles. The van der Waals surface area contributed by atoms with Gasteiger partial charge in [-0.05, 0) is 23.3 Å². The van der Waals surface area contributed by atoms with Gasteiger partial charge in [-0.15, -0.1) is 0 Å². The monoisotopic (exact) mass is 271 g/mol. The molecule has 2 aromatic carbocycles. The molecule has 2 atom stereocenters. The van der Waals surface area contributed by atoms with Gasteiger partial charge in [-0.1, -0.05) is 42.5 Å². The van der Waals surface area contributed by atoms with Crippen LogP contribution in [0.5, 0.6) is 0 Å². The van der Waals surface area contributed by atoms with Crippen LogP contribution < -0.4 is 5.32 Å². The Bertz CT molecular complexity index is 566. The van der Waals surface area contributed by atoms with E-state index in [9.17, 15) is 15.0 Å². The molecule has 2 aromatic rings. The molecular formula is C16H17NO3. The first kappa shape index (κ1) is 14.2. The number of nitrogens with one attached hydrogen (secondary N) is 1. The molecule has 0 aliphatic carbocycles. The van der Waals surface area contributed by atoms with Crippen LogP contribution in [0.1, 0.15) is 30.3 Å². The third kappa shape index (κ3) is 3.44. The smallest absolute Gasteiger partial charge is 0.221 e. The number of anilines is 1. The van der Waals surface area contributed by atoms with Crippen LogP contribution in [-0.4, -0.2) is 16.1 Å². The first-order valence-electron chi connectivity index (χ1n) is 6.36. The molecule has 2 rings (SSSR count). The first-order valence-corrected chi connectivity index (χ1v) is 6.36. The molecule has 0 saturated heterocycles. The second-order valence-electron chi connectivity index (χ2n) is 4.60. The Morgan fingerprint density at radius 1 is 0.900 bits per heavy atom. The molecule has 0 radical (unpaired) electrons. The van der Waals surface area contributed by atoms with Crippen LogP contribution >= 0.6 is 0 Å². The normalized spacial score (nSPS) is 13.6. The molecule has 0 fully saturated rings. The van der Waals surface area contributed by atoms with Crippen LogP contribution in [0.2, 0.25) is 0 Å². The van der Waals surface area contributed by atoms with E-state index in [4.69, 9.17) is 0 Å². The number of aliphatic hydroxyl groups is 2. The Hall–Kier alpha value is -2.17. The summed E-state index contributed by atoms with van der Waals surface area (Å²) in [6.07, 6.45) is -1.99. The van der Waals surface area contributed by atoms with Gasteiger partial charge in [-0.3, -0.25) is 4.79 Å². The summed E-state index contributed by atoms with van der Waals surface area (Å²) >= 11 is 0. The zero-order chi connectivity index (χ0) is 14.5. The number of hydrogen-bond donors (Lipinski definition) is 3. The molecule has 0 aliphatic rings. The number of carbonyl (C=O) groups is 1. The molecule has 4 nitrogen and oxygen atoms in total. The largest absolute Gasteiger partial charge is 0.385 e. The van der Waals surface area contributed by atoms with E-state index in [-0.39, 0.29) is 5.91 Å². The molecule has 0 heterocycles. The highest BCUT2D eigenvalue weighted by molar-refractivity contribution is 5.88. The van der Waals surface area contributed by atoms with Crippen LogP contribution in [-0.2, 0) is 4.79 Å². The molecule has 0 saturated carbocycles. The summed E-state index contributed by atoms with van der Waals surface area (Å²) in [5, 5.41) is 23.0. The molecule has 20 heavy (non-hydrogen) atoms. The van der Waals surface area contributed by atoms with Crippen molar-refractivity contribution >= 4 is 11.6 Å². The van der Waals surface area contributed by atoms with Crippen molar-refractivity contribution in [1.82, 2.24) is 0 Å². The summed E-state index contributed by atoms with van der Waals surface area (Å²) in [5.74, 6) is -0.150. The van der Waals surface area contributed by atoms with Gasteiger partial charge in [-0.2, -0.15) is 0 Å². The number of rotatable bonds is 4. The zero-order valence-corrected chi connectivity index (χ0v) is 11.2. The maximum Gasteiger partial charge on any atom is 0.221 e. The maximum absolute atomic E-state index is 10.9. The van der Waals surface area contributed by atoms with E-state index >= 15 is 0 Å². The van der Waals surface area contributed by atoms with Gasteiger partial charge in [0, 0.05) is 12.6 Å². The fraction of sp³-hybridized carbons (Fsp3) is 0.188. The second kappa shape index (κ2) is 6.32. The highest BCUT2D eigenvalue weighted by Crippen LogP contribution is 2.29. The summed E-state index contributed by atoms with van der Waals surface area (Å²) in [6, 6.07) is 15.7. The fourth-order valence-electron chi connectivity index (χ4n) is 1.98. The summed E-state index contributed by atoms with van der Waals surface area (Å²) in [6.45, 7) is 1.43. The van der Waals surface area contributed by atoms with E-state index in [1.54, 1.807) is 36.4 Å². The second-order valence-corrected chi connectivity index (χ2v) is 4.60. The van der Waals surface area contributed by atoms with E-state index in [2.05, 4.69) is 5.32 Å². The van der Waals surface area contributed by atoms with Gasteiger partial charge >= 0.3 is 0 Å². The van der Waals surface area contributed by atoms with Crippen molar-refractivity contribution in [1.29, 1.82) is 0 Å². The third-order valence-electron chi connectivity index (χ3n) is 3.01. The van der Waals surface area contributed by atoms with Crippen LogP contribution in [0.3, 0.4) is 0 Å². The molecule has 0 aliphatic heterocycles. The van der Waals surface area contributed by atoms with Gasteiger partial charge in [0.15, 0.2) is 0 Å². The molecule has 4 heteroatoms. The van der Waals surface area contributed by atoms with E-state index in [1.165, 1.54) is 6.92 Å². The SMILES string of the molecule is CC(=O)Nc1ccc([C@H](O)[C@@H](O)c2ccccc2)cc1. The number of amides is 1. The zero-order valence-electron chi connectivity index (χ0n) is 11.2. The number of hydrogen-bond acceptors (Lipinski definition) is 3. The standard InChI is InChI=1S/C16H17NO3/c1-11(18)17-14-9-7-13(8-10-14)16(20)15(19)12-5-3-2-4-6-12/h2-10,15-16,19-20H,1H3,(H,17,18)/t15-,16-/m0/s1. The van der Waals surface area contributed by atoms with Crippen molar-refractivity contribution in [2.45, 2.75) is 19.1 Å². The van der Waals surface area contributed by atoms with Crippen molar-refractivity contribution in [3.63, 3.8) is 0 Å². The van der Waals surface area contributed by atoms with Crippen molar-refractivity contribution in [3.05, 3.63) is 65.7 Å². The van der Waals surface area contributed by atoms with Crippen molar-refractivity contribution in [2.24, 2.45) is 0 Å².